The minimum Gasteiger partial charge on any atom is -0.381 e. The zero-order valence-electron chi connectivity index (χ0n) is 15.2. The predicted octanol–water partition coefficient (Wildman–Crippen LogP) is 1.56. The van der Waals surface area contributed by atoms with E-state index in [-0.39, 0.29) is 5.75 Å². The molecule has 0 spiro atoms. The SMILES string of the molecule is CC(C=O)NC(=O)NC1(CS(=O)(=O)C2(C)CCOCC2)CCCCC1. The van der Waals surface area contributed by atoms with Crippen LogP contribution in [0.15, 0.2) is 0 Å². The molecule has 1 heterocycles. The lowest BCUT2D eigenvalue weighted by Crippen LogP contribution is -2.60. The van der Waals surface area contributed by atoms with Crippen LogP contribution < -0.4 is 10.6 Å². The Kier molecular flexibility index (Phi) is 6.48. The fourth-order valence-corrected chi connectivity index (χ4v) is 5.93. The van der Waals surface area contributed by atoms with Crippen molar-refractivity contribution in [1.29, 1.82) is 0 Å². The summed E-state index contributed by atoms with van der Waals surface area (Å²) in [5.41, 5.74) is -0.759. The highest BCUT2D eigenvalue weighted by Crippen LogP contribution is 2.36. The van der Waals surface area contributed by atoms with Crippen LogP contribution in [0.2, 0.25) is 0 Å². The summed E-state index contributed by atoms with van der Waals surface area (Å²) < 4.78 is 30.8. The van der Waals surface area contributed by atoms with E-state index in [1.807, 2.05) is 0 Å². The Morgan fingerprint density at radius 3 is 2.32 bits per heavy atom. The molecule has 1 saturated carbocycles. The van der Waals surface area contributed by atoms with Gasteiger partial charge in [0, 0.05) is 13.2 Å². The number of nitrogens with one attached hydrogen (secondary N) is 2. The Bertz CT molecular complexity index is 578. The second-order valence-electron chi connectivity index (χ2n) is 7.69. The lowest BCUT2D eigenvalue weighted by Gasteiger charge is -2.41. The van der Waals surface area contributed by atoms with Crippen LogP contribution in [-0.2, 0) is 19.4 Å². The number of sulfone groups is 1. The molecule has 2 amide bonds. The molecule has 1 aliphatic heterocycles. The maximum atomic E-state index is 13.2. The second kappa shape index (κ2) is 8.03. The van der Waals surface area contributed by atoms with Crippen LogP contribution >= 0.6 is 0 Å². The summed E-state index contributed by atoms with van der Waals surface area (Å²) in [7, 11) is -3.41. The van der Waals surface area contributed by atoms with Crippen LogP contribution in [-0.4, -0.2) is 56.0 Å². The topological polar surface area (TPSA) is 102 Å². The lowest BCUT2D eigenvalue weighted by atomic mass is 9.83. The molecule has 0 aromatic carbocycles. The van der Waals surface area contributed by atoms with E-state index in [4.69, 9.17) is 4.74 Å². The first kappa shape index (κ1) is 20.2. The Morgan fingerprint density at radius 1 is 1.16 bits per heavy atom. The van der Waals surface area contributed by atoms with Crippen molar-refractivity contribution in [2.24, 2.45) is 0 Å². The van der Waals surface area contributed by atoms with Crippen molar-refractivity contribution in [2.45, 2.75) is 75.1 Å². The largest absolute Gasteiger partial charge is 0.381 e. The van der Waals surface area contributed by atoms with Crippen LogP contribution in [0.3, 0.4) is 0 Å². The highest BCUT2D eigenvalue weighted by molar-refractivity contribution is 7.92. The third-order valence-corrected chi connectivity index (χ3v) is 8.36. The summed E-state index contributed by atoms with van der Waals surface area (Å²) in [5.74, 6) is -0.0562. The highest BCUT2D eigenvalue weighted by Gasteiger charge is 2.46. The molecule has 8 heteroatoms. The van der Waals surface area contributed by atoms with Crippen molar-refractivity contribution >= 4 is 22.2 Å². The Labute approximate surface area is 150 Å². The van der Waals surface area contributed by atoms with Crippen molar-refractivity contribution in [3.63, 3.8) is 0 Å². The van der Waals surface area contributed by atoms with Crippen LogP contribution in [0.25, 0.3) is 0 Å². The van der Waals surface area contributed by atoms with Gasteiger partial charge in [0.05, 0.1) is 22.1 Å². The summed E-state index contributed by atoms with van der Waals surface area (Å²) >= 11 is 0. The van der Waals surface area contributed by atoms with E-state index < -0.39 is 32.2 Å². The summed E-state index contributed by atoms with van der Waals surface area (Å²) in [5, 5.41) is 5.43. The molecule has 0 aromatic rings. The fraction of sp³-hybridized carbons (Fsp3) is 0.882. The van der Waals surface area contributed by atoms with Gasteiger partial charge in [-0.3, -0.25) is 0 Å². The number of hydrogen-bond donors (Lipinski definition) is 2. The number of carbonyl (C=O) groups is 2. The van der Waals surface area contributed by atoms with Gasteiger partial charge in [-0.15, -0.1) is 0 Å². The zero-order valence-corrected chi connectivity index (χ0v) is 16.0. The van der Waals surface area contributed by atoms with Crippen LogP contribution in [0, 0.1) is 0 Å². The molecule has 2 N–H and O–H groups in total. The van der Waals surface area contributed by atoms with Gasteiger partial charge in [-0.2, -0.15) is 0 Å². The number of hydrogen-bond acceptors (Lipinski definition) is 5. The summed E-state index contributed by atoms with van der Waals surface area (Å²) in [6.07, 6.45) is 5.72. The first-order chi connectivity index (χ1) is 11.7. The quantitative estimate of drug-likeness (QED) is 0.687. The van der Waals surface area contributed by atoms with Gasteiger partial charge in [0.1, 0.15) is 6.29 Å². The second-order valence-corrected chi connectivity index (χ2v) is 10.2. The van der Waals surface area contributed by atoms with E-state index in [1.165, 1.54) is 0 Å². The first-order valence-electron chi connectivity index (χ1n) is 9.06. The normalized spacial score (nSPS) is 24.1. The lowest BCUT2D eigenvalue weighted by molar-refractivity contribution is -0.109. The molecule has 0 bridgehead atoms. The van der Waals surface area contributed by atoms with E-state index in [2.05, 4.69) is 10.6 Å². The van der Waals surface area contributed by atoms with E-state index in [0.29, 0.717) is 45.2 Å². The van der Waals surface area contributed by atoms with Crippen molar-refractivity contribution in [2.75, 3.05) is 19.0 Å². The van der Waals surface area contributed by atoms with Gasteiger partial charge in [0.25, 0.3) is 0 Å². The number of ether oxygens (including phenoxy) is 1. The third kappa shape index (κ3) is 4.94. The summed E-state index contributed by atoms with van der Waals surface area (Å²) in [4.78, 5) is 23.0. The van der Waals surface area contributed by atoms with Crippen LogP contribution in [0.1, 0.15) is 58.8 Å². The van der Waals surface area contributed by atoms with Crippen molar-refractivity contribution in [3.8, 4) is 0 Å². The van der Waals surface area contributed by atoms with E-state index in [0.717, 1.165) is 19.3 Å². The van der Waals surface area contributed by atoms with Gasteiger partial charge < -0.3 is 20.2 Å². The minimum absolute atomic E-state index is 0.0562. The molecular formula is C17H30N2O5S. The number of rotatable bonds is 6. The molecule has 25 heavy (non-hydrogen) atoms. The maximum Gasteiger partial charge on any atom is 0.315 e. The standard InChI is InChI=1S/C17H30N2O5S/c1-14(12-20)18-15(21)19-17(6-4-3-5-7-17)13-25(22,23)16(2)8-10-24-11-9-16/h12,14H,3-11,13H2,1-2H3,(H2,18,19,21). The van der Waals surface area contributed by atoms with Crippen molar-refractivity contribution in [3.05, 3.63) is 0 Å². The molecule has 2 aliphatic rings. The molecule has 0 radical (unpaired) electrons. The minimum atomic E-state index is -3.41. The summed E-state index contributed by atoms with van der Waals surface area (Å²) in [6, 6.07) is -1.08. The Hall–Kier alpha value is -1.15. The highest BCUT2D eigenvalue weighted by atomic mass is 32.2. The van der Waals surface area contributed by atoms with Crippen molar-refractivity contribution < 1.29 is 22.7 Å². The zero-order chi connectivity index (χ0) is 18.6. The molecule has 7 nitrogen and oxygen atoms in total. The van der Waals surface area contributed by atoms with E-state index >= 15 is 0 Å². The smallest absolute Gasteiger partial charge is 0.315 e. The molecule has 1 unspecified atom stereocenters. The van der Waals surface area contributed by atoms with Crippen molar-refractivity contribution in [1.82, 2.24) is 10.6 Å². The van der Waals surface area contributed by atoms with Crippen LogP contribution in [0.4, 0.5) is 4.79 Å². The number of amides is 2. The predicted molar refractivity (Wildman–Crippen MR) is 95.3 cm³/mol. The van der Waals surface area contributed by atoms with E-state index in [1.54, 1.807) is 13.8 Å². The van der Waals surface area contributed by atoms with Gasteiger partial charge in [0.15, 0.2) is 9.84 Å². The molecule has 1 aliphatic carbocycles. The maximum absolute atomic E-state index is 13.2. The number of urea groups is 1. The Balaban J connectivity index is 2.16. The molecule has 2 rings (SSSR count). The third-order valence-electron chi connectivity index (χ3n) is 5.52. The molecule has 0 aromatic heterocycles. The van der Waals surface area contributed by atoms with Gasteiger partial charge in [-0.25, -0.2) is 13.2 Å². The molecule has 144 valence electrons. The average molecular weight is 375 g/mol. The molecule has 2 fully saturated rings. The first-order valence-corrected chi connectivity index (χ1v) is 10.7. The van der Waals surface area contributed by atoms with E-state index in [9.17, 15) is 18.0 Å². The van der Waals surface area contributed by atoms with Gasteiger partial charge in [-0.1, -0.05) is 19.3 Å². The van der Waals surface area contributed by atoms with Gasteiger partial charge in [0.2, 0.25) is 0 Å². The molecule has 1 atom stereocenters. The fourth-order valence-electron chi connectivity index (χ4n) is 3.70. The summed E-state index contributed by atoms with van der Waals surface area (Å²) in [6.45, 7) is 4.27. The number of carbonyl (C=O) groups excluding carboxylic acids is 2. The average Bonchev–Trinajstić information content (AvgIpc) is 2.55. The number of aldehydes is 1. The van der Waals surface area contributed by atoms with Crippen LogP contribution in [0.5, 0.6) is 0 Å². The monoisotopic (exact) mass is 374 g/mol. The molecular weight excluding hydrogens is 344 g/mol. The molecule has 1 saturated heterocycles. The van der Waals surface area contributed by atoms with Gasteiger partial charge in [-0.05, 0) is 39.5 Å². The van der Waals surface area contributed by atoms with Gasteiger partial charge >= 0.3 is 6.03 Å². The Morgan fingerprint density at radius 2 is 1.76 bits per heavy atom.